The summed E-state index contributed by atoms with van der Waals surface area (Å²) in [6.45, 7) is 1.93. The van der Waals surface area contributed by atoms with Crippen LogP contribution in [0.3, 0.4) is 0 Å². The van der Waals surface area contributed by atoms with E-state index in [0.717, 1.165) is 5.69 Å². The molecule has 1 aliphatic heterocycles. The highest BCUT2D eigenvalue weighted by Gasteiger charge is 2.35. The lowest BCUT2D eigenvalue weighted by molar-refractivity contribution is 0.0643. The number of imide groups is 1. The van der Waals surface area contributed by atoms with E-state index in [1.54, 1.807) is 35.1 Å². The molecule has 0 saturated carbocycles. The van der Waals surface area contributed by atoms with E-state index < -0.39 is 0 Å². The summed E-state index contributed by atoms with van der Waals surface area (Å²) in [6.07, 6.45) is 3.08. The average Bonchev–Trinajstić information content (AvgIpc) is 3.48. The number of hydrogen-bond acceptors (Lipinski definition) is 6. The molecule has 1 aliphatic rings. The van der Waals surface area contributed by atoms with Crippen molar-refractivity contribution in [2.75, 3.05) is 5.32 Å². The lowest BCUT2D eigenvalue weighted by Gasteiger charge is -2.11. The Morgan fingerprint density at radius 1 is 0.969 bits per heavy atom. The first kappa shape index (κ1) is 19.8. The van der Waals surface area contributed by atoms with Gasteiger partial charge in [0.05, 0.1) is 40.8 Å². The molecule has 3 heterocycles. The number of hydrogen-bond donors (Lipinski definition) is 1. The number of para-hydroxylation sites is 1. The molecule has 0 atom stereocenters. The van der Waals surface area contributed by atoms with Crippen LogP contribution in [-0.4, -0.2) is 37.4 Å². The third-order valence-electron chi connectivity index (χ3n) is 5.22. The van der Waals surface area contributed by atoms with Gasteiger partial charge in [0.15, 0.2) is 5.13 Å². The van der Waals surface area contributed by atoms with Gasteiger partial charge >= 0.3 is 0 Å². The van der Waals surface area contributed by atoms with Crippen LogP contribution >= 0.6 is 11.3 Å². The standard InChI is InChI=1S/C23H17N5O3S/c1-14-19(12-25-28(14)15-7-3-2-4-8-15)20(29)26-23-24-11-16(32-23)13-27-21(30)17-9-5-6-10-18(17)22(27)31/h2-12H,13H2,1H3,(H,24,26,29). The van der Waals surface area contributed by atoms with Crippen molar-refractivity contribution in [1.82, 2.24) is 19.7 Å². The molecule has 3 amide bonds. The van der Waals surface area contributed by atoms with Crippen LogP contribution in [0, 0.1) is 6.92 Å². The van der Waals surface area contributed by atoms with Gasteiger partial charge in [0.1, 0.15) is 0 Å². The number of nitrogens with zero attached hydrogens (tertiary/aromatic N) is 4. The molecule has 4 aromatic rings. The van der Waals surface area contributed by atoms with E-state index >= 15 is 0 Å². The normalized spacial score (nSPS) is 12.8. The van der Waals surface area contributed by atoms with E-state index in [0.29, 0.717) is 32.4 Å². The first-order chi connectivity index (χ1) is 15.5. The molecule has 0 radical (unpaired) electrons. The van der Waals surface area contributed by atoms with Gasteiger partial charge < -0.3 is 0 Å². The molecule has 0 aliphatic carbocycles. The lowest BCUT2D eigenvalue weighted by atomic mass is 10.1. The maximum absolute atomic E-state index is 12.8. The second-order valence-corrected chi connectivity index (χ2v) is 8.33. The highest BCUT2D eigenvalue weighted by molar-refractivity contribution is 7.15. The predicted molar refractivity (Wildman–Crippen MR) is 119 cm³/mol. The Morgan fingerprint density at radius 2 is 1.62 bits per heavy atom. The number of amides is 3. The molecule has 2 aromatic carbocycles. The minimum absolute atomic E-state index is 0.102. The predicted octanol–water partition coefficient (Wildman–Crippen LogP) is 3.69. The topological polar surface area (TPSA) is 97.2 Å². The van der Waals surface area contributed by atoms with Crippen LogP contribution in [0.4, 0.5) is 5.13 Å². The summed E-state index contributed by atoms with van der Waals surface area (Å²) in [4.78, 5) is 44.0. The maximum atomic E-state index is 12.8. The number of benzene rings is 2. The fourth-order valence-electron chi connectivity index (χ4n) is 3.60. The fraction of sp³-hybridized carbons (Fsp3) is 0.0870. The summed E-state index contributed by atoms with van der Waals surface area (Å²) >= 11 is 1.22. The highest BCUT2D eigenvalue weighted by atomic mass is 32.1. The van der Waals surface area contributed by atoms with Crippen LogP contribution in [-0.2, 0) is 6.54 Å². The number of rotatable bonds is 5. The SMILES string of the molecule is Cc1c(C(=O)Nc2ncc(CN3C(=O)c4ccccc4C3=O)s2)cnn1-c1ccccc1. The minimum atomic E-state index is -0.327. The van der Waals surface area contributed by atoms with Gasteiger partial charge in [-0.25, -0.2) is 9.67 Å². The van der Waals surface area contributed by atoms with Gasteiger partial charge in [0, 0.05) is 11.1 Å². The van der Waals surface area contributed by atoms with Gasteiger partial charge in [-0.1, -0.05) is 41.7 Å². The van der Waals surface area contributed by atoms with Crippen LogP contribution in [0.5, 0.6) is 0 Å². The molecular weight excluding hydrogens is 426 g/mol. The molecule has 158 valence electrons. The third kappa shape index (κ3) is 3.38. The Labute approximate surface area is 187 Å². The van der Waals surface area contributed by atoms with Gasteiger partial charge in [0.2, 0.25) is 0 Å². The van der Waals surface area contributed by atoms with Gasteiger partial charge in [-0.3, -0.25) is 24.6 Å². The zero-order valence-electron chi connectivity index (χ0n) is 17.0. The van der Waals surface area contributed by atoms with E-state index in [-0.39, 0.29) is 24.3 Å². The molecule has 9 heteroatoms. The molecule has 8 nitrogen and oxygen atoms in total. The van der Waals surface area contributed by atoms with Gasteiger partial charge in [0.25, 0.3) is 17.7 Å². The highest BCUT2D eigenvalue weighted by Crippen LogP contribution is 2.27. The van der Waals surface area contributed by atoms with Crippen LogP contribution in [0.15, 0.2) is 67.0 Å². The Hall–Kier alpha value is -4.11. The van der Waals surface area contributed by atoms with Crippen LogP contribution in [0.1, 0.15) is 41.6 Å². The summed E-state index contributed by atoms with van der Waals surface area (Å²) in [5, 5.41) is 7.47. The molecule has 0 bridgehead atoms. The minimum Gasteiger partial charge on any atom is -0.298 e. The molecular formula is C23H17N5O3S. The number of anilines is 1. The lowest BCUT2D eigenvalue weighted by Crippen LogP contribution is -2.28. The molecule has 0 saturated heterocycles. The van der Waals surface area contributed by atoms with Crippen molar-refractivity contribution in [1.29, 1.82) is 0 Å². The van der Waals surface area contributed by atoms with E-state index in [9.17, 15) is 14.4 Å². The van der Waals surface area contributed by atoms with Gasteiger partial charge in [-0.05, 0) is 31.2 Å². The maximum Gasteiger partial charge on any atom is 0.261 e. The molecule has 0 fully saturated rings. The third-order valence-corrected chi connectivity index (χ3v) is 6.12. The van der Waals surface area contributed by atoms with E-state index in [4.69, 9.17) is 0 Å². The second kappa shape index (κ2) is 7.86. The largest absolute Gasteiger partial charge is 0.298 e. The van der Waals surface area contributed by atoms with Crippen LogP contribution in [0.2, 0.25) is 0 Å². The van der Waals surface area contributed by atoms with Gasteiger partial charge in [-0.15, -0.1) is 0 Å². The Morgan fingerprint density at radius 3 is 2.31 bits per heavy atom. The van der Waals surface area contributed by atoms with Crippen molar-refractivity contribution in [3.8, 4) is 5.69 Å². The number of thiazole rings is 1. The van der Waals surface area contributed by atoms with Crippen LogP contribution < -0.4 is 5.32 Å². The second-order valence-electron chi connectivity index (χ2n) is 7.22. The van der Waals surface area contributed by atoms with Crippen molar-refractivity contribution < 1.29 is 14.4 Å². The summed E-state index contributed by atoms with van der Waals surface area (Å²) in [5.41, 5.74) is 2.81. The first-order valence-corrected chi connectivity index (χ1v) is 10.7. The van der Waals surface area contributed by atoms with Crippen molar-refractivity contribution in [3.05, 3.63) is 94.3 Å². The summed E-state index contributed by atoms with van der Waals surface area (Å²) < 4.78 is 1.70. The van der Waals surface area contributed by atoms with Gasteiger partial charge in [-0.2, -0.15) is 5.10 Å². The zero-order chi connectivity index (χ0) is 22.2. The summed E-state index contributed by atoms with van der Waals surface area (Å²) in [6, 6.07) is 16.3. The number of aromatic nitrogens is 3. The smallest absolute Gasteiger partial charge is 0.261 e. The number of carbonyl (C=O) groups is 3. The summed E-state index contributed by atoms with van der Waals surface area (Å²) in [7, 11) is 0. The first-order valence-electron chi connectivity index (χ1n) is 9.84. The molecule has 1 N–H and O–H groups in total. The quantitative estimate of drug-likeness (QED) is 0.475. The molecule has 0 unspecified atom stereocenters. The van der Waals surface area contributed by atoms with Crippen LogP contribution in [0.25, 0.3) is 5.69 Å². The molecule has 32 heavy (non-hydrogen) atoms. The number of fused-ring (bicyclic) bond motifs is 1. The molecule has 5 rings (SSSR count). The van der Waals surface area contributed by atoms with Crippen molar-refractivity contribution in [2.45, 2.75) is 13.5 Å². The van der Waals surface area contributed by atoms with E-state index in [2.05, 4.69) is 15.4 Å². The van der Waals surface area contributed by atoms with E-state index in [1.165, 1.54) is 22.4 Å². The Kier molecular flexibility index (Phi) is 4.87. The fourth-order valence-corrected chi connectivity index (χ4v) is 4.40. The molecule has 0 spiro atoms. The number of carbonyl (C=O) groups excluding carboxylic acids is 3. The van der Waals surface area contributed by atoms with Crippen molar-refractivity contribution >= 4 is 34.2 Å². The summed E-state index contributed by atoms with van der Waals surface area (Å²) in [5.74, 6) is -0.978. The zero-order valence-corrected chi connectivity index (χ0v) is 17.8. The average molecular weight is 443 g/mol. The Bertz CT molecular complexity index is 1320. The van der Waals surface area contributed by atoms with Crippen molar-refractivity contribution in [3.63, 3.8) is 0 Å². The number of nitrogens with one attached hydrogen (secondary N) is 1. The van der Waals surface area contributed by atoms with E-state index in [1.807, 2.05) is 37.3 Å². The molecule has 2 aromatic heterocycles. The monoisotopic (exact) mass is 443 g/mol. The van der Waals surface area contributed by atoms with Crippen molar-refractivity contribution in [2.24, 2.45) is 0 Å². The Balaban J connectivity index is 1.29.